The molecule has 39 heteroatoms. The van der Waals surface area contributed by atoms with Crippen molar-refractivity contribution in [2.45, 2.75) is 6.18 Å². The van der Waals surface area contributed by atoms with Gasteiger partial charge in [-0.05, 0) is 104 Å². The molecule has 7 aromatic heterocycles. The van der Waals surface area contributed by atoms with Gasteiger partial charge in [0.1, 0.15) is 23.4 Å². The van der Waals surface area contributed by atoms with Crippen molar-refractivity contribution < 1.29 is 54.9 Å². The van der Waals surface area contributed by atoms with Gasteiger partial charge in [-0.1, -0.05) is 12.1 Å². The summed E-state index contributed by atoms with van der Waals surface area (Å²) in [5, 5.41) is 12.6. The molecule has 0 spiro atoms. The lowest BCUT2D eigenvalue weighted by atomic mass is 10.1. The van der Waals surface area contributed by atoms with Gasteiger partial charge >= 0.3 is 6.18 Å². The van der Waals surface area contributed by atoms with Crippen molar-refractivity contribution in [3.63, 3.8) is 0 Å². The van der Waals surface area contributed by atoms with Gasteiger partial charge in [0.25, 0.3) is 17.7 Å². The summed E-state index contributed by atoms with van der Waals surface area (Å²) < 4.78 is 99.9. The number of amides is 3. The molecule has 0 bridgehead atoms. The number of halogens is 6. The SMILES string of the molecule is CN1CCN(c2ccc(Nc3ccc(C(=O)NNc4ncc(F)c(N5CCOCC5)n4)nc3)cc2)CC1.O=C(NNc1ncc(F)c(N2CCOCC2)n1)c1ccc(Nc2ccc(-c3ccncn3)cc2)cn1.O=C(NNc1ncc(F)c(N2CCOCC2)n1)c1ccc(Nc2ccc(N3CCNCC3)c(C(F)(F)F)c2)cn1. The van der Waals surface area contributed by atoms with Gasteiger partial charge in [-0.3, -0.25) is 46.9 Å². The number of pyridine rings is 3. The third-order valence-electron chi connectivity index (χ3n) is 18.1. The Hall–Kier alpha value is -13.0. The molecule has 0 atom stereocenters. The van der Waals surface area contributed by atoms with Gasteiger partial charge < -0.3 is 64.9 Å². The van der Waals surface area contributed by atoms with Crippen LogP contribution in [0.5, 0.6) is 0 Å². The first-order chi connectivity index (χ1) is 55.0. The van der Waals surface area contributed by atoms with Gasteiger partial charge in [0.2, 0.25) is 17.8 Å². The van der Waals surface area contributed by atoms with Crippen LogP contribution in [0.15, 0.2) is 159 Å². The summed E-state index contributed by atoms with van der Waals surface area (Å²) in [7, 11) is 2.14. The number of morpholine rings is 3. The minimum atomic E-state index is -4.53. The molecule has 0 saturated carbocycles. The van der Waals surface area contributed by atoms with Crippen LogP contribution < -0.4 is 78.3 Å². The largest absolute Gasteiger partial charge is 0.418 e. The zero-order chi connectivity index (χ0) is 78.5. The van der Waals surface area contributed by atoms with Crippen LogP contribution >= 0.6 is 0 Å². The molecule has 5 saturated heterocycles. The van der Waals surface area contributed by atoms with Gasteiger partial charge in [-0.15, -0.1) is 0 Å². The highest BCUT2D eigenvalue weighted by Gasteiger charge is 2.36. The summed E-state index contributed by atoms with van der Waals surface area (Å²) in [5.41, 5.74) is 21.9. The van der Waals surface area contributed by atoms with Crippen LogP contribution in [0.25, 0.3) is 11.3 Å². The number of rotatable bonds is 21. The van der Waals surface area contributed by atoms with E-state index in [-0.39, 0.29) is 63.8 Å². The van der Waals surface area contributed by atoms with Crippen molar-refractivity contribution in [3.8, 4) is 11.3 Å². The molecule has 588 valence electrons. The first-order valence-electron chi connectivity index (χ1n) is 36.0. The fourth-order valence-corrected chi connectivity index (χ4v) is 12.1. The molecular formula is C74H79F6N27O6. The number of nitrogens with one attached hydrogen (secondary N) is 10. The predicted molar refractivity (Wildman–Crippen MR) is 411 cm³/mol. The number of hydrazine groups is 3. The second-order valence-corrected chi connectivity index (χ2v) is 25.8. The number of ether oxygens (including phenoxy) is 3. The highest BCUT2D eigenvalue weighted by Crippen LogP contribution is 2.39. The van der Waals surface area contributed by atoms with Gasteiger partial charge in [0.15, 0.2) is 34.9 Å². The number of nitrogens with zero attached hydrogens (tertiary/aromatic N) is 17. The molecule has 0 unspecified atom stereocenters. The molecular weight excluding hydrogens is 1480 g/mol. The van der Waals surface area contributed by atoms with Crippen LogP contribution in [0.1, 0.15) is 37.0 Å². The Balaban J connectivity index is 0.000000148. The average Bonchev–Trinajstić information content (AvgIpc) is 0.793. The minimum Gasteiger partial charge on any atom is -0.378 e. The maximum absolute atomic E-state index is 14.2. The van der Waals surface area contributed by atoms with Crippen molar-refractivity contribution in [3.05, 3.63) is 199 Å². The van der Waals surface area contributed by atoms with E-state index in [1.165, 1.54) is 36.4 Å². The van der Waals surface area contributed by atoms with Crippen LogP contribution in [0.4, 0.5) is 107 Å². The zero-order valence-corrected chi connectivity index (χ0v) is 61.0. The highest BCUT2D eigenvalue weighted by atomic mass is 19.4. The van der Waals surface area contributed by atoms with Gasteiger partial charge in [0.05, 0.1) is 105 Å². The van der Waals surface area contributed by atoms with Crippen LogP contribution in [0.2, 0.25) is 0 Å². The Kier molecular flexibility index (Phi) is 26.0. The molecule has 113 heavy (non-hydrogen) atoms. The van der Waals surface area contributed by atoms with Gasteiger partial charge in [0, 0.05) is 132 Å². The number of carbonyl (C=O) groups is 3. The van der Waals surface area contributed by atoms with Crippen LogP contribution in [0.3, 0.4) is 0 Å². The standard InChI is InChI=1S/C25H27F4N9O2.C25H30FN9O2.C24H22FN9O2/c26-19-15-32-24(34-22(19)38-9-11-40-12-10-38)36-35-23(39)20-3-1-17(14-31-20)33-16-2-4-21(18(13-16)25(27,28)29)37-7-5-30-6-8-37;1-33-8-10-34(11-9-33)20-5-2-18(3-6-20)29-19-4-7-22(27-16-19)24(36)31-32-25-28-17-21(26)23(30-25)35-12-14-37-15-13-35;25-19-14-28-24(31-22(19)34-9-11-36-12-10-34)33-32-23(35)21-6-5-18(13-27-21)30-17-3-1-16(2-4-17)20-7-8-26-15-29-20/h1-4,13-15,30,33H,5-12H2,(H,35,39)(H,32,34,36);2-7,16-17,29H,8-15H2,1H3,(H,31,36)(H,28,30,32);1-8,13-15,30H,9-12H2,(H,32,35)(H,28,31,33). The zero-order valence-electron chi connectivity index (χ0n) is 61.0. The lowest BCUT2D eigenvalue weighted by molar-refractivity contribution is -0.137. The van der Waals surface area contributed by atoms with Crippen molar-refractivity contribution >= 4 is 98.5 Å². The second-order valence-electron chi connectivity index (χ2n) is 25.8. The number of piperazine rings is 2. The van der Waals surface area contributed by atoms with Crippen LogP contribution in [-0.4, -0.2) is 216 Å². The van der Waals surface area contributed by atoms with E-state index in [1.54, 1.807) is 68.5 Å². The Morgan fingerprint density at radius 3 is 1.20 bits per heavy atom. The van der Waals surface area contributed by atoms with E-state index in [0.29, 0.717) is 116 Å². The fourth-order valence-electron chi connectivity index (χ4n) is 12.1. The number of alkyl halides is 3. The molecule has 3 aromatic carbocycles. The topological polar surface area (TPSA) is 360 Å². The molecule has 3 amide bonds. The lowest BCUT2D eigenvalue weighted by Crippen LogP contribution is -2.44. The summed E-state index contributed by atoms with van der Waals surface area (Å²) in [5.74, 6) is -2.69. The number of likely N-dealkylation sites (N-methyl/N-ethyl adjacent to an activating group) is 1. The Morgan fingerprint density at radius 2 is 0.814 bits per heavy atom. The van der Waals surface area contributed by atoms with Crippen molar-refractivity contribution in [1.29, 1.82) is 0 Å². The van der Waals surface area contributed by atoms with Crippen LogP contribution in [-0.2, 0) is 20.4 Å². The quantitative estimate of drug-likeness (QED) is 0.0243. The number of aromatic nitrogens is 11. The van der Waals surface area contributed by atoms with E-state index in [4.69, 9.17) is 14.2 Å². The van der Waals surface area contributed by atoms with E-state index in [0.717, 1.165) is 79.2 Å². The third kappa shape index (κ3) is 21.5. The molecule has 15 rings (SSSR count). The molecule has 0 radical (unpaired) electrons. The van der Waals surface area contributed by atoms with E-state index in [2.05, 4.69) is 138 Å². The first kappa shape index (κ1) is 78.2. The Bertz CT molecular complexity index is 4800. The summed E-state index contributed by atoms with van der Waals surface area (Å²) in [4.78, 5) is 94.0. The van der Waals surface area contributed by atoms with Gasteiger partial charge in [-0.25, -0.2) is 53.0 Å². The smallest absolute Gasteiger partial charge is 0.378 e. The summed E-state index contributed by atoms with van der Waals surface area (Å²) in [6.45, 7) is 12.3. The number of anilines is 14. The Labute approximate surface area is 643 Å². The normalized spacial score (nSPS) is 15.2. The molecule has 12 heterocycles. The van der Waals surface area contributed by atoms with Crippen molar-refractivity contribution in [2.24, 2.45) is 0 Å². The molecule has 0 aliphatic carbocycles. The summed E-state index contributed by atoms with van der Waals surface area (Å²) in [6.07, 6.45) is 6.30. The molecule has 10 aromatic rings. The van der Waals surface area contributed by atoms with E-state index < -0.39 is 46.9 Å². The van der Waals surface area contributed by atoms with E-state index in [1.807, 2.05) is 42.5 Å². The number of hydrogen-bond acceptors (Lipinski definition) is 30. The first-order valence-corrected chi connectivity index (χ1v) is 36.0. The van der Waals surface area contributed by atoms with E-state index in [9.17, 15) is 40.7 Å². The summed E-state index contributed by atoms with van der Waals surface area (Å²) in [6, 6.07) is 31.6. The highest BCUT2D eigenvalue weighted by molar-refractivity contribution is 5.94. The fraction of sp³-hybridized carbons (Fsp3) is 0.297. The molecule has 10 N–H and O–H groups in total. The van der Waals surface area contributed by atoms with Crippen molar-refractivity contribution in [2.75, 3.05) is 195 Å². The molecule has 5 aliphatic heterocycles. The van der Waals surface area contributed by atoms with Crippen LogP contribution in [0, 0.1) is 17.5 Å². The minimum absolute atomic E-state index is 0.0146. The number of benzene rings is 3. The number of carbonyl (C=O) groups excluding carboxylic acids is 3. The van der Waals surface area contributed by atoms with Gasteiger partial charge in [-0.2, -0.15) is 28.1 Å². The number of hydrogen-bond donors (Lipinski definition) is 10. The monoisotopic (exact) mass is 1560 g/mol. The summed E-state index contributed by atoms with van der Waals surface area (Å²) >= 11 is 0. The average molecular weight is 1560 g/mol. The third-order valence-corrected chi connectivity index (χ3v) is 18.1. The predicted octanol–water partition coefficient (Wildman–Crippen LogP) is 7.68. The molecule has 5 fully saturated rings. The Morgan fingerprint density at radius 1 is 0.416 bits per heavy atom. The second kappa shape index (κ2) is 37.6. The molecule has 5 aliphatic rings. The van der Waals surface area contributed by atoms with E-state index >= 15 is 0 Å². The lowest BCUT2D eigenvalue weighted by Gasteiger charge is -2.34. The maximum Gasteiger partial charge on any atom is 0.418 e. The van der Waals surface area contributed by atoms with Crippen molar-refractivity contribution in [1.82, 2.24) is 81.3 Å². The maximum atomic E-state index is 14.2. The molecule has 33 nitrogen and oxygen atoms in total.